The van der Waals surface area contributed by atoms with Crippen LogP contribution in [0.5, 0.6) is 11.5 Å². The Morgan fingerprint density at radius 2 is 2.10 bits per heavy atom. The molecular formula is C20H22N4O5. The number of ether oxygens (including phenoxy) is 2. The van der Waals surface area contributed by atoms with Crippen LogP contribution in [0, 0.1) is 0 Å². The number of rotatable bonds is 8. The van der Waals surface area contributed by atoms with Gasteiger partial charge < -0.3 is 19.2 Å². The van der Waals surface area contributed by atoms with Crippen LogP contribution >= 0.6 is 0 Å². The fourth-order valence-electron chi connectivity index (χ4n) is 3.16. The summed E-state index contributed by atoms with van der Waals surface area (Å²) in [6.45, 7) is 0.490. The quantitative estimate of drug-likeness (QED) is 0.624. The third kappa shape index (κ3) is 3.75. The molecule has 1 fully saturated rings. The van der Waals surface area contributed by atoms with Gasteiger partial charge >= 0.3 is 5.69 Å². The first-order chi connectivity index (χ1) is 14.1. The Kier molecular flexibility index (Phi) is 5.11. The van der Waals surface area contributed by atoms with E-state index in [1.165, 1.54) is 11.8 Å². The normalized spacial score (nSPS) is 13.3. The van der Waals surface area contributed by atoms with Crippen molar-refractivity contribution in [2.45, 2.75) is 25.4 Å². The summed E-state index contributed by atoms with van der Waals surface area (Å²) >= 11 is 0. The Balaban J connectivity index is 1.47. The van der Waals surface area contributed by atoms with Crippen molar-refractivity contribution in [3.63, 3.8) is 0 Å². The SMILES string of the molecule is COc1ccc(C(=O)NCCn2nc(-c3ccco3)n(C3CC3)c2=O)c(OC)c1. The lowest BCUT2D eigenvalue weighted by molar-refractivity contribution is 0.0948. The Morgan fingerprint density at radius 3 is 2.76 bits per heavy atom. The molecule has 1 amide bonds. The van der Waals surface area contributed by atoms with Crippen LogP contribution in [0.15, 0.2) is 45.8 Å². The number of methoxy groups -OCH3 is 2. The lowest BCUT2D eigenvalue weighted by Gasteiger charge is -2.10. The van der Waals surface area contributed by atoms with Crippen molar-refractivity contribution >= 4 is 5.91 Å². The van der Waals surface area contributed by atoms with Crippen molar-refractivity contribution in [2.24, 2.45) is 0 Å². The first kappa shape index (κ1) is 18.9. The van der Waals surface area contributed by atoms with Gasteiger partial charge in [0.25, 0.3) is 5.91 Å². The van der Waals surface area contributed by atoms with Crippen molar-refractivity contribution < 1.29 is 18.7 Å². The second-order valence-electron chi connectivity index (χ2n) is 6.73. The van der Waals surface area contributed by atoms with Gasteiger partial charge in [-0.15, -0.1) is 5.10 Å². The van der Waals surface area contributed by atoms with Crippen molar-refractivity contribution in [3.8, 4) is 23.1 Å². The highest BCUT2D eigenvalue weighted by molar-refractivity contribution is 5.97. The fraction of sp³-hybridized carbons (Fsp3) is 0.350. The largest absolute Gasteiger partial charge is 0.497 e. The Hall–Kier alpha value is -3.49. The smallest absolute Gasteiger partial charge is 0.346 e. The van der Waals surface area contributed by atoms with E-state index in [0.717, 1.165) is 12.8 Å². The van der Waals surface area contributed by atoms with E-state index in [-0.39, 0.29) is 30.7 Å². The standard InChI is InChI=1S/C20H22N4O5/c1-27-14-7-8-15(17(12-14)28-2)19(25)21-9-10-23-20(26)24(13-5-6-13)18(22-23)16-4-3-11-29-16/h3-4,7-8,11-13H,5-6,9-10H2,1-2H3,(H,21,25). The number of benzene rings is 1. The summed E-state index contributed by atoms with van der Waals surface area (Å²) in [5.74, 6) is 1.79. The zero-order valence-corrected chi connectivity index (χ0v) is 16.3. The van der Waals surface area contributed by atoms with Gasteiger partial charge in [0, 0.05) is 18.7 Å². The second-order valence-corrected chi connectivity index (χ2v) is 6.73. The van der Waals surface area contributed by atoms with Crippen LogP contribution in [-0.4, -0.2) is 41.0 Å². The van der Waals surface area contributed by atoms with Crippen LogP contribution < -0.4 is 20.5 Å². The number of furan rings is 1. The molecule has 3 aromatic rings. The molecule has 9 nitrogen and oxygen atoms in total. The molecule has 1 N–H and O–H groups in total. The van der Waals surface area contributed by atoms with Gasteiger partial charge in [0.15, 0.2) is 5.76 Å². The highest BCUT2D eigenvalue weighted by Crippen LogP contribution is 2.36. The minimum atomic E-state index is -0.301. The number of nitrogens with zero attached hydrogens (tertiary/aromatic N) is 3. The molecular weight excluding hydrogens is 376 g/mol. The number of aromatic nitrogens is 3. The number of carbonyl (C=O) groups is 1. The lowest BCUT2D eigenvalue weighted by Crippen LogP contribution is -2.32. The van der Waals surface area contributed by atoms with Crippen LogP contribution in [0.3, 0.4) is 0 Å². The molecule has 1 aliphatic carbocycles. The van der Waals surface area contributed by atoms with Gasteiger partial charge in [0.2, 0.25) is 5.82 Å². The molecule has 4 rings (SSSR count). The fourth-order valence-corrected chi connectivity index (χ4v) is 3.16. The van der Waals surface area contributed by atoms with Gasteiger partial charge in [-0.25, -0.2) is 9.48 Å². The van der Waals surface area contributed by atoms with E-state index in [4.69, 9.17) is 13.9 Å². The molecule has 9 heteroatoms. The summed E-state index contributed by atoms with van der Waals surface area (Å²) in [5, 5.41) is 7.22. The number of hydrogen-bond acceptors (Lipinski definition) is 6. The average Bonchev–Trinajstić information content (AvgIpc) is 3.31. The zero-order valence-electron chi connectivity index (χ0n) is 16.3. The van der Waals surface area contributed by atoms with E-state index in [9.17, 15) is 9.59 Å². The molecule has 0 radical (unpaired) electrons. The number of hydrogen-bond donors (Lipinski definition) is 1. The van der Waals surface area contributed by atoms with E-state index < -0.39 is 0 Å². The maximum Gasteiger partial charge on any atom is 0.346 e. The van der Waals surface area contributed by atoms with E-state index >= 15 is 0 Å². The van der Waals surface area contributed by atoms with Gasteiger partial charge in [-0.2, -0.15) is 0 Å². The van der Waals surface area contributed by atoms with E-state index in [2.05, 4.69) is 10.4 Å². The van der Waals surface area contributed by atoms with Crippen LogP contribution in [-0.2, 0) is 6.54 Å². The molecule has 0 atom stereocenters. The summed E-state index contributed by atoms with van der Waals surface area (Å²) in [4.78, 5) is 25.3. The first-order valence-corrected chi connectivity index (χ1v) is 9.36. The van der Waals surface area contributed by atoms with Gasteiger partial charge in [-0.1, -0.05) is 0 Å². The number of amides is 1. The monoisotopic (exact) mass is 398 g/mol. The van der Waals surface area contributed by atoms with E-state index in [1.807, 2.05) is 0 Å². The zero-order chi connectivity index (χ0) is 20.4. The summed E-state index contributed by atoms with van der Waals surface area (Å²) in [5.41, 5.74) is 0.190. The topological polar surface area (TPSA) is 101 Å². The molecule has 0 aliphatic heterocycles. The minimum absolute atomic E-state index is 0.162. The van der Waals surface area contributed by atoms with Gasteiger partial charge in [0.05, 0.1) is 32.6 Å². The summed E-state index contributed by atoms with van der Waals surface area (Å²) in [6, 6.07) is 8.67. The maximum absolute atomic E-state index is 12.8. The molecule has 1 aliphatic rings. The Labute approximate surface area is 166 Å². The molecule has 1 aromatic carbocycles. The Morgan fingerprint density at radius 1 is 1.28 bits per heavy atom. The third-order valence-electron chi connectivity index (χ3n) is 4.79. The molecule has 2 heterocycles. The van der Waals surface area contributed by atoms with Crippen LogP contribution in [0.1, 0.15) is 29.2 Å². The molecule has 0 unspecified atom stereocenters. The van der Waals surface area contributed by atoms with Gasteiger partial charge in [0.1, 0.15) is 11.5 Å². The number of nitrogens with one attached hydrogen (secondary N) is 1. The highest BCUT2D eigenvalue weighted by atomic mass is 16.5. The van der Waals surface area contributed by atoms with E-state index in [0.29, 0.717) is 28.6 Å². The average molecular weight is 398 g/mol. The van der Waals surface area contributed by atoms with Crippen LogP contribution in [0.2, 0.25) is 0 Å². The molecule has 0 spiro atoms. The molecule has 2 aromatic heterocycles. The van der Waals surface area contributed by atoms with Crippen molar-refractivity contribution in [3.05, 3.63) is 52.6 Å². The van der Waals surface area contributed by atoms with Crippen LogP contribution in [0.4, 0.5) is 0 Å². The minimum Gasteiger partial charge on any atom is -0.497 e. The van der Waals surface area contributed by atoms with Crippen LogP contribution in [0.25, 0.3) is 11.6 Å². The third-order valence-corrected chi connectivity index (χ3v) is 4.79. The predicted octanol–water partition coefficient (Wildman–Crippen LogP) is 2.09. The van der Waals surface area contributed by atoms with Crippen molar-refractivity contribution in [1.29, 1.82) is 0 Å². The molecule has 152 valence electrons. The van der Waals surface area contributed by atoms with Crippen molar-refractivity contribution in [2.75, 3.05) is 20.8 Å². The van der Waals surface area contributed by atoms with Crippen molar-refractivity contribution in [1.82, 2.24) is 19.7 Å². The summed E-state index contributed by atoms with van der Waals surface area (Å²) in [7, 11) is 3.04. The van der Waals surface area contributed by atoms with Gasteiger partial charge in [-0.3, -0.25) is 9.36 Å². The van der Waals surface area contributed by atoms with Gasteiger partial charge in [-0.05, 0) is 37.1 Å². The van der Waals surface area contributed by atoms with E-state index in [1.54, 1.807) is 48.3 Å². The Bertz CT molecular complexity index is 1060. The maximum atomic E-state index is 12.8. The molecule has 29 heavy (non-hydrogen) atoms. The number of carbonyl (C=O) groups excluding carboxylic acids is 1. The summed E-state index contributed by atoms with van der Waals surface area (Å²) in [6.07, 6.45) is 3.46. The predicted molar refractivity (Wildman–Crippen MR) is 104 cm³/mol. The summed E-state index contributed by atoms with van der Waals surface area (Å²) < 4.78 is 18.9. The molecule has 1 saturated carbocycles. The highest BCUT2D eigenvalue weighted by Gasteiger charge is 2.31. The molecule has 0 bridgehead atoms. The first-order valence-electron chi connectivity index (χ1n) is 9.36. The molecule has 0 saturated heterocycles. The lowest BCUT2D eigenvalue weighted by atomic mass is 10.1. The second kappa shape index (κ2) is 7.86.